The van der Waals surface area contributed by atoms with E-state index < -0.39 is 0 Å². The van der Waals surface area contributed by atoms with Gasteiger partial charge in [-0.2, -0.15) is 0 Å². The molecule has 2 aliphatic heterocycles. The number of pyridine rings is 1. The number of nitrogens with zero attached hydrogens (tertiary/aromatic N) is 3. The van der Waals surface area contributed by atoms with Crippen molar-refractivity contribution in [2.45, 2.75) is 64.7 Å². The van der Waals surface area contributed by atoms with Crippen molar-refractivity contribution >= 4 is 21.8 Å². The fraction of sp³-hybridized carbons (Fsp3) is 0.533. The highest BCUT2D eigenvalue weighted by Gasteiger charge is 2.36. The van der Waals surface area contributed by atoms with E-state index in [1.54, 1.807) is 0 Å². The van der Waals surface area contributed by atoms with Crippen LogP contribution in [0.4, 0.5) is 0 Å². The Labute approximate surface area is 224 Å². The molecule has 3 heterocycles. The zero-order chi connectivity index (χ0) is 25.4. The third kappa shape index (κ3) is 5.20. The number of benzene rings is 1. The molecule has 6 heteroatoms. The van der Waals surface area contributed by atoms with Gasteiger partial charge >= 0.3 is 0 Å². The molecule has 0 spiro atoms. The molecule has 3 aliphatic rings. The summed E-state index contributed by atoms with van der Waals surface area (Å²) in [5, 5.41) is 0. The minimum Gasteiger partial charge on any atom is -0.386 e. The summed E-state index contributed by atoms with van der Waals surface area (Å²) in [4.78, 5) is 22.5. The first-order chi connectivity index (χ1) is 17.3. The molecule has 2 aromatic rings. The van der Waals surface area contributed by atoms with Gasteiger partial charge in [0, 0.05) is 49.2 Å². The number of aromatic nitrogens is 1. The summed E-state index contributed by atoms with van der Waals surface area (Å²) in [5.41, 5.74) is 13.9. The van der Waals surface area contributed by atoms with Gasteiger partial charge in [-0.1, -0.05) is 34.6 Å². The second-order valence-corrected chi connectivity index (χ2v) is 12.1. The number of amides is 1. The Balaban J connectivity index is 1.31. The molecule has 1 atom stereocenters. The van der Waals surface area contributed by atoms with Gasteiger partial charge in [-0.25, -0.2) is 0 Å². The standard InChI is InChI=1S/C30H39BrN4O/c1-19-14-24-4-5-25-15-20(2)18-33-30(25)29(28(24)26(31)16-19)23-8-12-35(13-9-23)27(36)17-22-6-10-34(11-7-22)21(3)32/h14-16,18,22-23,29H,3-13,17,32H2,1-2H3. The fourth-order valence-corrected chi connectivity index (χ4v) is 7.51. The van der Waals surface area contributed by atoms with Crippen LogP contribution in [0.25, 0.3) is 0 Å². The van der Waals surface area contributed by atoms with E-state index in [0.717, 1.165) is 64.7 Å². The van der Waals surface area contributed by atoms with E-state index in [1.165, 1.54) is 38.0 Å². The van der Waals surface area contributed by atoms with Crippen LogP contribution in [0, 0.1) is 25.7 Å². The molecule has 0 bridgehead atoms. The molecule has 2 fully saturated rings. The van der Waals surface area contributed by atoms with Gasteiger partial charge in [0.25, 0.3) is 0 Å². The first kappa shape index (κ1) is 25.3. The molecule has 1 aliphatic carbocycles. The maximum absolute atomic E-state index is 13.2. The lowest BCUT2D eigenvalue weighted by molar-refractivity contribution is -0.134. The van der Waals surface area contributed by atoms with Crippen molar-refractivity contribution in [2.24, 2.45) is 17.6 Å². The van der Waals surface area contributed by atoms with Crippen LogP contribution in [0.15, 0.2) is 41.3 Å². The largest absolute Gasteiger partial charge is 0.386 e. The van der Waals surface area contributed by atoms with Crippen molar-refractivity contribution in [2.75, 3.05) is 26.2 Å². The molecule has 192 valence electrons. The number of nitrogens with two attached hydrogens (primary N) is 1. The Bertz CT molecular complexity index is 1150. The van der Waals surface area contributed by atoms with Gasteiger partial charge in [-0.3, -0.25) is 9.78 Å². The van der Waals surface area contributed by atoms with E-state index in [9.17, 15) is 4.79 Å². The maximum atomic E-state index is 13.2. The van der Waals surface area contributed by atoms with Gasteiger partial charge in [0.2, 0.25) is 5.91 Å². The summed E-state index contributed by atoms with van der Waals surface area (Å²) in [5.74, 6) is 2.19. The monoisotopic (exact) mass is 550 g/mol. The van der Waals surface area contributed by atoms with Crippen LogP contribution in [0.5, 0.6) is 0 Å². The first-order valence-corrected chi connectivity index (χ1v) is 14.3. The minimum absolute atomic E-state index is 0.277. The molecule has 2 saturated heterocycles. The Morgan fingerprint density at radius 3 is 2.33 bits per heavy atom. The molecule has 0 radical (unpaired) electrons. The van der Waals surface area contributed by atoms with E-state index >= 15 is 0 Å². The smallest absolute Gasteiger partial charge is 0.222 e. The number of piperidine rings is 2. The highest BCUT2D eigenvalue weighted by Crippen LogP contribution is 2.45. The van der Waals surface area contributed by atoms with Gasteiger partial charge < -0.3 is 15.5 Å². The zero-order valence-corrected chi connectivity index (χ0v) is 23.3. The summed E-state index contributed by atoms with van der Waals surface area (Å²) in [6.45, 7) is 11.7. The Morgan fingerprint density at radius 2 is 1.64 bits per heavy atom. The van der Waals surface area contributed by atoms with Gasteiger partial charge in [-0.05, 0) is 98.1 Å². The number of hydrogen-bond acceptors (Lipinski definition) is 4. The molecular formula is C30H39BrN4O. The van der Waals surface area contributed by atoms with E-state index in [0.29, 0.717) is 30.0 Å². The van der Waals surface area contributed by atoms with Crippen molar-refractivity contribution in [1.82, 2.24) is 14.8 Å². The molecule has 1 amide bonds. The van der Waals surface area contributed by atoms with Crippen LogP contribution in [-0.4, -0.2) is 46.9 Å². The molecule has 0 saturated carbocycles. The second kappa shape index (κ2) is 10.6. The molecule has 5 nitrogen and oxygen atoms in total. The number of aryl methyl sites for hydroxylation is 4. The quantitative estimate of drug-likeness (QED) is 0.548. The number of fused-ring (bicyclic) bond motifs is 2. The first-order valence-electron chi connectivity index (χ1n) is 13.5. The summed E-state index contributed by atoms with van der Waals surface area (Å²) >= 11 is 3.94. The van der Waals surface area contributed by atoms with Gasteiger partial charge in [0.15, 0.2) is 0 Å². The Kier molecular flexibility index (Phi) is 7.43. The van der Waals surface area contributed by atoms with Crippen LogP contribution in [0.2, 0.25) is 0 Å². The maximum Gasteiger partial charge on any atom is 0.222 e. The van der Waals surface area contributed by atoms with Crippen LogP contribution in [0.3, 0.4) is 0 Å². The molecule has 36 heavy (non-hydrogen) atoms. The van der Waals surface area contributed by atoms with Crippen molar-refractivity contribution in [3.63, 3.8) is 0 Å². The third-order valence-electron chi connectivity index (χ3n) is 8.61. The van der Waals surface area contributed by atoms with Crippen LogP contribution in [-0.2, 0) is 17.6 Å². The number of likely N-dealkylation sites (tertiary alicyclic amines) is 2. The second-order valence-electron chi connectivity index (χ2n) is 11.2. The number of carbonyl (C=O) groups is 1. The molecule has 5 rings (SSSR count). The zero-order valence-electron chi connectivity index (χ0n) is 21.7. The van der Waals surface area contributed by atoms with Crippen molar-refractivity contribution in [1.29, 1.82) is 0 Å². The predicted octanol–water partition coefficient (Wildman–Crippen LogP) is 5.46. The lowest BCUT2D eigenvalue weighted by Crippen LogP contribution is -2.42. The lowest BCUT2D eigenvalue weighted by Gasteiger charge is -2.38. The van der Waals surface area contributed by atoms with Gasteiger partial charge in [0.05, 0.1) is 11.5 Å². The SMILES string of the molecule is C=C(N)N1CCC(CC(=O)N2CCC(C3c4ncc(C)cc4CCc4cc(C)cc(Br)c43)CC2)CC1. The van der Waals surface area contributed by atoms with E-state index in [2.05, 4.69) is 64.4 Å². The number of halogens is 1. The van der Waals surface area contributed by atoms with E-state index in [1.807, 2.05) is 6.20 Å². The molecule has 2 N–H and O–H groups in total. The average molecular weight is 552 g/mol. The normalized spacial score (nSPS) is 21.0. The van der Waals surface area contributed by atoms with Crippen LogP contribution >= 0.6 is 15.9 Å². The van der Waals surface area contributed by atoms with Gasteiger partial charge in [0.1, 0.15) is 0 Å². The van der Waals surface area contributed by atoms with Crippen LogP contribution < -0.4 is 5.73 Å². The van der Waals surface area contributed by atoms with E-state index in [4.69, 9.17) is 10.7 Å². The minimum atomic E-state index is 0.277. The van der Waals surface area contributed by atoms with Crippen molar-refractivity contribution < 1.29 is 4.79 Å². The third-order valence-corrected chi connectivity index (χ3v) is 9.27. The van der Waals surface area contributed by atoms with Crippen molar-refractivity contribution in [3.8, 4) is 0 Å². The Morgan fingerprint density at radius 1 is 1.00 bits per heavy atom. The number of carbonyl (C=O) groups excluding carboxylic acids is 1. The number of hydrogen-bond donors (Lipinski definition) is 1. The summed E-state index contributed by atoms with van der Waals surface area (Å²) in [6, 6.07) is 6.97. The molecule has 1 aromatic heterocycles. The van der Waals surface area contributed by atoms with Gasteiger partial charge in [-0.15, -0.1) is 0 Å². The number of rotatable bonds is 4. The molecular weight excluding hydrogens is 512 g/mol. The summed E-state index contributed by atoms with van der Waals surface area (Å²) in [6.07, 6.45) is 8.88. The summed E-state index contributed by atoms with van der Waals surface area (Å²) in [7, 11) is 0. The fourth-order valence-electron chi connectivity index (χ4n) is 6.65. The highest BCUT2D eigenvalue weighted by atomic mass is 79.9. The van der Waals surface area contributed by atoms with E-state index in [-0.39, 0.29) is 5.92 Å². The van der Waals surface area contributed by atoms with Crippen LogP contribution in [0.1, 0.15) is 71.5 Å². The highest BCUT2D eigenvalue weighted by molar-refractivity contribution is 9.10. The molecule has 1 unspecified atom stereocenters. The topological polar surface area (TPSA) is 62.5 Å². The average Bonchev–Trinajstić information content (AvgIpc) is 3.01. The lowest BCUT2D eigenvalue weighted by atomic mass is 9.76. The summed E-state index contributed by atoms with van der Waals surface area (Å²) < 4.78 is 1.21. The Hall–Kier alpha value is -2.34. The predicted molar refractivity (Wildman–Crippen MR) is 149 cm³/mol. The van der Waals surface area contributed by atoms with Crippen molar-refractivity contribution in [3.05, 3.63) is 74.8 Å². The molecule has 1 aromatic carbocycles.